The maximum absolute atomic E-state index is 12.0. The molecule has 6 heteroatoms. The number of fused-ring (bicyclic) bond motifs is 2. The smallest absolute Gasteiger partial charge is 0.242 e. The number of aliphatic hydroxyl groups excluding tert-OH is 1. The zero-order valence-electron chi connectivity index (χ0n) is 10.00. The number of hydrogen-bond acceptors (Lipinski definition) is 5. The summed E-state index contributed by atoms with van der Waals surface area (Å²) in [5.74, 6) is -0.514. The van der Waals surface area contributed by atoms with Gasteiger partial charge in [-0.25, -0.2) is 0 Å². The molecule has 0 saturated heterocycles. The van der Waals surface area contributed by atoms with Crippen molar-refractivity contribution in [1.29, 1.82) is 0 Å². The second-order valence-electron chi connectivity index (χ2n) is 4.77. The maximum atomic E-state index is 12.0. The van der Waals surface area contributed by atoms with Crippen LogP contribution in [0, 0.1) is 0 Å². The molecule has 1 amide bonds. The van der Waals surface area contributed by atoms with Gasteiger partial charge in [0.25, 0.3) is 0 Å². The maximum Gasteiger partial charge on any atom is 0.242 e. The fourth-order valence-corrected chi connectivity index (χ4v) is 2.41. The number of aliphatic hydroxyl groups is 1. The molecular formula is C12H13N3O3. The number of ketones is 1. The van der Waals surface area contributed by atoms with E-state index in [4.69, 9.17) is 0 Å². The van der Waals surface area contributed by atoms with Gasteiger partial charge in [0.05, 0.1) is 11.4 Å². The minimum Gasteiger partial charge on any atom is -0.357 e. The van der Waals surface area contributed by atoms with Crippen molar-refractivity contribution in [2.75, 3.05) is 16.0 Å². The van der Waals surface area contributed by atoms with Crippen LogP contribution in [0.2, 0.25) is 0 Å². The predicted molar refractivity (Wildman–Crippen MR) is 66.4 cm³/mol. The zero-order chi connectivity index (χ0) is 13.1. The van der Waals surface area contributed by atoms with Gasteiger partial charge in [-0.15, -0.1) is 0 Å². The lowest BCUT2D eigenvalue weighted by Gasteiger charge is -2.18. The Bertz CT molecular complexity index is 584. The standard InChI is InChI=1S/C12H13N3O3/c1-5(16)12(2)6-3-8-9(15-11(18)14-8)4-7(6)13-10(12)17/h3-4,11,14-15,18H,1-2H3,(H,13,17). The van der Waals surface area contributed by atoms with Crippen molar-refractivity contribution in [2.24, 2.45) is 0 Å². The van der Waals surface area contributed by atoms with Crippen molar-refractivity contribution < 1.29 is 14.7 Å². The van der Waals surface area contributed by atoms with Crippen molar-refractivity contribution in [3.8, 4) is 0 Å². The van der Waals surface area contributed by atoms with Crippen LogP contribution >= 0.6 is 0 Å². The molecule has 18 heavy (non-hydrogen) atoms. The third-order valence-electron chi connectivity index (χ3n) is 3.69. The van der Waals surface area contributed by atoms with Gasteiger partial charge in [-0.1, -0.05) is 0 Å². The molecule has 2 aliphatic heterocycles. The monoisotopic (exact) mass is 247 g/mol. The number of benzene rings is 1. The number of nitrogens with one attached hydrogen (secondary N) is 3. The Hall–Kier alpha value is -2.08. The molecule has 0 spiro atoms. The van der Waals surface area contributed by atoms with E-state index in [-0.39, 0.29) is 11.7 Å². The van der Waals surface area contributed by atoms with Crippen LogP contribution in [0.4, 0.5) is 17.1 Å². The summed E-state index contributed by atoms with van der Waals surface area (Å²) in [7, 11) is 0. The normalized spacial score (nSPS) is 27.9. The molecule has 0 bridgehead atoms. The third-order valence-corrected chi connectivity index (χ3v) is 3.69. The molecule has 2 atom stereocenters. The number of carbonyl (C=O) groups is 2. The zero-order valence-corrected chi connectivity index (χ0v) is 10.00. The topological polar surface area (TPSA) is 90.5 Å². The van der Waals surface area contributed by atoms with Crippen molar-refractivity contribution in [3.63, 3.8) is 0 Å². The molecule has 0 aromatic heterocycles. The number of hydrogen-bond donors (Lipinski definition) is 4. The Balaban J connectivity index is 2.18. The minimum absolute atomic E-state index is 0.204. The van der Waals surface area contributed by atoms with Crippen LogP contribution < -0.4 is 16.0 Å². The van der Waals surface area contributed by atoms with Crippen LogP contribution in [-0.2, 0) is 15.0 Å². The summed E-state index contributed by atoms with van der Waals surface area (Å²) in [5, 5.41) is 17.8. The van der Waals surface area contributed by atoms with Crippen LogP contribution in [0.3, 0.4) is 0 Å². The quantitative estimate of drug-likeness (QED) is 0.545. The molecule has 0 aliphatic carbocycles. The van der Waals surface area contributed by atoms with Gasteiger partial charge >= 0.3 is 0 Å². The molecule has 2 aliphatic rings. The summed E-state index contributed by atoms with van der Waals surface area (Å²) in [4.78, 5) is 23.7. The van der Waals surface area contributed by atoms with Gasteiger partial charge in [-0.05, 0) is 26.0 Å². The SMILES string of the molecule is CC(=O)C1(C)C(=O)Nc2cc3c(cc21)NC(O)N3. The fraction of sp³-hybridized carbons (Fsp3) is 0.333. The van der Waals surface area contributed by atoms with E-state index in [0.29, 0.717) is 22.6 Å². The summed E-state index contributed by atoms with van der Waals surface area (Å²) in [5.41, 5.74) is 1.49. The lowest BCUT2D eigenvalue weighted by Crippen LogP contribution is -2.37. The van der Waals surface area contributed by atoms with Gasteiger partial charge in [0, 0.05) is 11.3 Å². The van der Waals surface area contributed by atoms with Gasteiger partial charge in [0.2, 0.25) is 12.3 Å². The Labute approximate surface area is 103 Å². The second kappa shape index (κ2) is 3.23. The van der Waals surface area contributed by atoms with Crippen LogP contribution in [0.25, 0.3) is 0 Å². The molecule has 0 radical (unpaired) electrons. The van der Waals surface area contributed by atoms with Gasteiger partial charge in [-0.2, -0.15) is 0 Å². The summed E-state index contributed by atoms with van der Waals surface area (Å²) >= 11 is 0. The molecule has 1 aromatic rings. The molecule has 0 saturated carbocycles. The summed E-state index contributed by atoms with van der Waals surface area (Å²) in [6.45, 7) is 3.02. The highest BCUT2D eigenvalue weighted by atomic mass is 16.3. The van der Waals surface area contributed by atoms with Crippen LogP contribution in [0.15, 0.2) is 12.1 Å². The molecule has 6 nitrogen and oxygen atoms in total. The van der Waals surface area contributed by atoms with Crippen LogP contribution in [0.1, 0.15) is 19.4 Å². The molecule has 4 N–H and O–H groups in total. The van der Waals surface area contributed by atoms with E-state index >= 15 is 0 Å². The largest absolute Gasteiger partial charge is 0.357 e. The number of amides is 1. The first-order valence-corrected chi connectivity index (χ1v) is 5.65. The highest BCUT2D eigenvalue weighted by Gasteiger charge is 2.47. The molecule has 2 unspecified atom stereocenters. The lowest BCUT2D eigenvalue weighted by atomic mass is 9.80. The van der Waals surface area contributed by atoms with Gasteiger partial charge in [-0.3, -0.25) is 9.59 Å². The van der Waals surface area contributed by atoms with Gasteiger partial charge in [0.1, 0.15) is 11.2 Å². The molecule has 1 aromatic carbocycles. The van der Waals surface area contributed by atoms with Crippen LogP contribution in [0.5, 0.6) is 0 Å². The van der Waals surface area contributed by atoms with E-state index in [1.54, 1.807) is 19.1 Å². The molecule has 94 valence electrons. The summed E-state index contributed by atoms with van der Waals surface area (Å²) < 4.78 is 0. The number of rotatable bonds is 1. The predicted octanol–water partition coefficient (Wildman–Crippen LogP) is 0.599. The summed E-state index contributed by atoms with van der Waals surface area (Å²) in [6, 6.07) is 3.45. The Morgan fingerprint density at radius 3 is 2.50 bits per heavy atom. The average molecular weight is 247 g/mol. The summed E-state index contributed by atoms with van der Waals surface area (Å²) in [6.07, 6.45) is -0.846. The number of carbonyl (C=O) groups excluding carboxylic acids is 2. The van der Waals surface area contributed by atoms with Gasteiger partial charge in [0.15, 0.2) is 0 Å². The average Bonchev–Trinajstić information content (AvgIpc) is 2.75. The second-order valence-corrected chi connectivity index (χ2v) is 4.77. The Kier molecular flexibility index (Phi) is 1.98. The van der Waals surface area contributed by atoms with Crippen molar-refractivity contribution >= 4 is 28.8 Å². The minimum atomic E-state index is -1.15. The van der Waals surface area contributed by atoms with E-state index < -0.39 is 11.8 Å². The molecule has 2 heterocycles. The van der Waals surface area contributed by atoms with Crippen molar-refractivity contribution in [1.82, 2.24) is 0 Å². The lowest BCUT2D eigenvalue weighted by molar-refractivity contribution is -0.130. The molecule has 0 fully saturated rings. The van der Waals surface area contributed by atoms with Crippen molar-refractivity contribution in [2.45, 2.75) is 25.6 Å². The number of anilines is 3. The highest BCUT2D eigenvalue weighted by Crippen LogP contribution is 2.44. The molecular weight excluding hydrogens is 234 g/mol. The fourth-order valence-electron chi connectivity index (χ4n) is 2.41. The van der Waals surface area contributed by atoms with E-state index in [9.17, 15) is 14.7 Å². The van der Waals surface area contributed by atoms with E-state index in [1.165, 1.54) is 6.92 Å². The van der Waals surface area contributed by atoms with E-state index in [1.807, 2.05) is 0 Å². The van der Waals surface area contributed by atoms with Crippen LogP contribution in [-0.4, -0.2) is 23.1 Å². The van der Waals surface area contributed by atoms with E-state index in [2.05, 4.69) is 16.0 Å². The number of Topliss-reactive ketones (excluding diaryl/α,β-unsaturated/α-hetero) is 1. The first-order chi connectivity index (χ1) is 8.42. The molecule has 3 rings (SSSR count). The Morgan fingerprint density at radius 1 is 1.28 bits per heavy atom. The third kappa shape index (κ3) is 1.20. The van der Waals surface area contributed by atoms with Crippen molar-refractivity contribution in [3.05, 3.63) is 17.7 Å². The first kappa shape index (κ1) is 11.0. The highest BCUT2D eigenvalue weighted by molar-refractivity contribution is 6.21. The Morgan fingerprint density at radius 2 is 1.89 bits per heavy atom. The van der Waals surface area contributed by atoms with E-state index in [0.717, 1.165) is 0 Å². The van der Waals surface area contributed by atoms with Gasteiger partial charge < -0.3 is 21.1 Å². The first-order valence-electron chi connectivity index (χ1n) is 5.65.